The van der Waals surface area contributed by atoms with Crippen molar-refractivity contribution in [2.24, 2.45) is 0 Å². The maximum Gasteiger partial charge on any atom is 0.407 e. The van der Waals surface area contributed by atoms with Gasteiger partial charge >= 0.3 is 6.09 Å². The van der Waals surface area contributed by atoms with Gasteiger partial charge in [0.05, 0.1) is 0 Å². The smallest absolute Gasteiger partial charge is 0.407 e. The van der Waals surface area contributed by atoms with E-state index in [-0.39, 0.29) is 12.2 Å². The average molecular weight is 201 g/mol. The molecule has 3 heteroatoms. The summed E-state index contributed by atoms with van der Waals surface area (Å²) >= 11 is 0. The van der Waals surface area contributed by atoms with Gasteiger partial charge in [0.2, 0.25) is 0 Å². The van der Waals surface area contributed by atoms with Crippen molar-refractivity contribution in [2.75, 3.05) is 7.05 Å². The van der Waals surface area contributed by atoms with E-state index in [1.165, 1.54) is 19.3 Å². The molecule has 0 saturated heterocycles. The standard InChI is InChI=1S/C11H23NO2/c1-4-6-7-8-9-10(5-2)14-11(13)12-3/h10H,4-9H2,1-3H3,(H,12,13). The van der Waals surface area contributed by atoms with Crippen LogP contribution >= 0.6 is 0 Å². The van der Waals surface area contributed by atoms with Gasteiger partial charge in [0.15, 0.2) is 0 Å². The molecule has 1 atom stereocenters. The van der Waals surface area contributed by atoms with Crippen LogP contribution in [0.15, 0.2) is 0 Å². The average Bonchev–Trinajstić information content (AvgIpc) is 2.22. The molecule has 0 aromatic rings. The quantitative estimate of drug-likeness (QED) is 0.643. The Kier molecular flexibility index (Phi) is 8.39. The molecule has 1 N–H and O–H groups in total. The molecular formula is C11H23NO2. The molecule has 0 aromatic carbocycles. The Morgan fingerprint density at radius 3 is 2.50 bits per heavy atom. The lowest BCUT2D eigenvalue weighted by atomic mass is 10.1. The van der Waals surface area contributed by atoms with Crippen molar-refractivity contribution in [1.29, 1.82) is 0 Å². The SMILES string of the molecule is CCCCCCC(CC)OC(=O)NC. The molecule has 0 bridgehead atoms. The fourth-order valence-corrected chi connectivity index (χ4v) is 1.36. The molecule has 0 aliphatic rings. The van der Waals surface area contributed by atoms with E-state index in [1.54, 1.807) is 7.05 Å². The van der Waals surface area contributed by atoms with Crippen molar-refractivity contribution >= 4 is 6.09 Å². The Labute approximate surface area is 87.2 Å². The zero-order chi connectivity index (χ0) is 10.8. The van der Waals surface area contributed by atoms with E-state index in [0.717, 1.165) is 19.3 Å². The Morgan fingerprint density at radius 2 is 2.00 bits per heavy atom. The van der Waals surface area contributed by atoms with Crippen LogP contribution in [0.2, 0.25) is 0 Å². The third kappa shape index (κ3) is 6.75. The normalized spacial score (nSPS) is 12.2. The van der Waals surface area contributed by atoms with Crippen LogP contribution in [-0.2, 0) is 4.74 Å². The summed E-state index contributed by atoms with van der Waals surface area (Å²) in [5.74, 6) is 0. The molecule has 84 valence electrons. The highest BCUT2D eigenvalue weighted by molar-refractivity contribution is 5.66. The van der Waals surface area contributed by atoms with Crippen molar-refractivity contribution in [3.05, 3.63) is 0 Å². The van der Waals surface area contributed by atoms with Gasteiger partial charge in [-0.1, -0.05) is 33.1 Å². The van der Waals surface area contributed by atoms with Crippen LogP contribution in [0.4, 0.5) is 4.79 Å². The van der Waals surface area contributed by atoms with Crippen LogP contribution < -0.4 is 5.32 Å². The predicted octanol–water partition coefficient (Wildman–Crippen LogP) is 3.09. The van der Waals surface area contributed by atoms with Crippen molar-refractivity contribution < 1.29 is 9.53 Å². The minimum absolute atomic E-state index is 0.0896. The lowest BCUT2D eigenvalue weighted by Crippen LogP contribution is -2.25. The summed E-state index contributed by atoms with van der Waals surface area (Å²) in [4.78, 5) is 10.9. The van der Waals surface area contributed by atoms with Gasteiger partial charge in [-0.15, -0.1) is 0 Å². The maximum absolute atomic E-state index is 10.9. The second-order valence-corrected chi connectivity index (χ2v) is 3.53. The van der Waals surface area contributed by atoms with Crippen LogP contribution in [0, 0.1) is 0 Å². The number of hydrogen-bond acceptors (Lipinski definition) is 2. The summed E-state index contributed by atoms with van der Waals surface area (Å²) in [6.07, 6.45) is 6.58. The first-order valence-electron chi connectivity index (χ1n) is 5.62. The van der Waals surface area contributed by atoms with Gasteiger partial charge in [-0.3, -0.25) is 0 Å². The van der Waals surface area contributed by atoms with Gasteiger partial charge in [-0.05, 0) is 19.3 Å². The van der Waals surface area contributed by atoms with Gasteiger partial charge in [-0.25, -0.2) is 4.79 Å². The molecule has 0 aliphatic heterocycles. The van der Waals surface area contributed by atoms with Gasteiger partial charge in [-0.2, -0.15) is 0 Å². The van der Waals surface area contributed by atoms with Crippen LogP contribution in [0.3, 0.4) is 0 Å². The summed E-state index contributed by atoms with van der Waals surface area (Å²) in [5.41, 5.74) is 0. The van der Waals surface area contributed by atoms with Gasteiger partial charge in [0.1, 0.15) is 6.10 Å². The molecular weight excluding hydrogens is 178 g/mol. The van der Waals surface area contributed by atoms with Crippen LogP contribution in [-0.4, -0.2) is 19.2 Å². The van der Waals surface area contributed by atoms with E-state index in [0.29, 0.717) is 0 Å². The number of unbranched alkanes of at least 4 members (excludes halogenated alkanes) is 3. The zero-order valence-corrected chi connectivity index (χ0v) is 9.64. The summed E-state index contributed by atoms with van der Waals surface area (Å²) in [7, 11) is 1.59. The first-order valence-corrected chi connectivity index (χ1v) is 5.62. The minimum Gasteiger partial charge on any atom is -0.446 e. The summed E-state index contributed by atoms with van der Waals surface area (Å²) in [5, 5.41) is 2.47. The first kappa shape index (κ1) is 13.3. The van der Waals surface area contributed by atoms with Gasteiger partial charge in [0.25, 0.3) is 0 Å². The molecule has 0 radical (unpaired) electrons. The molecule has 0 fully saturated rings. The lowest BCUT2D eigenvalue weighted by Gasteiger charge is -2.15. The Bertz CT molecular complexity index is 148. The van der Waals surface area contributed by atoms with E-state index >= 15 is 0 Å². The van der Waals surface area contributed by atoms with E-state index in [9.17, 15) is 4.79 Å². The molecule has 14 heavy (non-hydrogen) atoms. The number of carbonyl (C=O) groups is 1. The molecule has 0 heterocycles. The van der Waals surface area contributed by atoms with Crippen LogP contribution in [0.25, 0.3) is 0 Å². The van der Waals surface area contributed by atoms with Crippen molar-refractivity contribution in [3.63, 3.8) is 0 Å². The topological polar surface area (TPSA) is 38.3 Å². The summed E-state index contributed by atoms with van der Waals surface area (Å²) in [6, 6.07) is 0. The number of rotatable bonds is 7. The van der Waals surface area contributed by atoms with Gasteiger partial charge in [0, 0.05) is 7.05 Å². The van der Waals surface area contributed by atoms with Crippen molar-refractivity contribution in [1.82, 2.24) is 5.32 Å². The number of hydrogen-bond donors (Lipinski definition) is 1. The number of ether oxygens (including phenoxy) is 1. The molecule has 0 spiro atoms. The van der Waals surface area contributed by atoms with Crippen molar-refractivity contribution in [2.45, 2.75) is 58.5 Å². The van der Waals surface area contributed by atoms with Crippen LogP contribution in [0.5, 0.6) is 0 Å². The third-order valence-electron chi connectivity index (χ3n) is 2.31. The second-order valence-electron chi connectivity index (χ2n) is 3.53. The fraction of sp³-hybridized carbons (Fsp3) is 0.909. The number of nitrogens with one attached hydrogen (secondary N) is 1. The molecule has 0 aliphatic carbocycles. The Hall–Kier alpha value is -0.730. The maximum atomic E-state index is 10.9. The first-order chi connectivity index (χ1) is 6.74. The van der Waals surface area contributed by atoms with E-state index in [4.69, 9.17) is 4.74 Å². The number of amides is 1. The molecule has 3 nitrogen and oxygen atoms in total. The van der Waals surface area contributed by atoms with Crippen LogP contribution in [0.1, 0.15) is 52.4 Å². The largest absolute Gasteiger partial charge is 0.446 e. The predicted molar refractivity (Wildman–Crippen MR) is 58.4 cm³/mol. The fourth-order valence-electron chi connectivity index (χ4n) is 1.36. The summed E-state index contributed by atoms with van der Waals surface area (Å²) in [6.45, 7) is 4.24. The number of carbonyl (C=O) groups excluding carboxylic acids is 1. The van der Waals surface area contributed by atoms with E-state index in [2.05, 4.69) is 12.2 Å². The lowest BCUT2D eigenvalue weighted by molar-refractivity contribution is 0.0903. The van der Waals surface area contributed by atoms with E-state index in [1.807, 2.05) is 6.92 Å². The minimum atomic E-state index is -0.313. The highest BCUT2D eigenvalue weighted by Gasteiger charge is 2.10. The van der Waals surface area contributed by atoms with E-state index < -0.39 is 0 Å². The summed E-state index contributed by atoms with van der Waals surface area (Å²) < 4.78 is 5.18. The molecule has 0 rings (SSSR count). The highest BCUT2D eigenvalue weighted by Crippen LogP contribution is 2.10. The van der Waals surface area contributed by atoms with Gasteiger partial charge < -0.3 is 10.1 Å². The third-order valence-corrected chi connectivity index (χ3v) is 2.31. The molecule has 1 amide bonds. The highest BCUT2D eigenvalue weighted by atomic mass is 16.6. The Balaban J connectivity index is 3.52. The Morgan fingerprint density at radius 1 is 1.29 bits per heavy atom. The molecule has 0 saturated carbocycles. The zero-order valence-electron chi connectivity index (χ0n) is 9.64. The monoisotopic (exact) mass is 201 g/mol. The molecule has 1 unspecified atom stereocenters. The molecule has 0 aromatic heterocycles. The number of alkyl carbamates (subject to hydrolysis) is 1. The second kappa shape index (κ2) is 8.85. The van der Waals surface area contributed by atoms with Crippen molar-refractivity contribution in [3.8, 4) is 0 Å².